The number of aromatic nitrogens is 6. The fraction of sp³-hybridized carbons (Fsp3) is 0.133. The average Bonchev–Trinajstić information content (AvgIpc) is 3.28. The molecule has 0 saturated heterocycles. The maximum Gasteiger partial charge on any atom is 0.265 e. The Hall–Kier alpha value is -3.07. The number of tetrazole rings is 1. The van der Waals surface area contributed by atoms with Gasteiger partial charge in [0.2, 0.25) is 5.82 Å². The van der Waals surface area contributed by atoms with Gasteiger partial charge in [0, 0.05) is 23.7 Å². The molecule has 0 aliphatic rings. The molecule has 8 nitrogen and oxygen atoms in total. The van der Waals surface area contributed by atoms with E-state index in [1.807, 2.05) is 44.3 Å². The molecule has 0 saturated carbocycles. The third-order valence-electron chi connectivity index (χ3n) is 3.64. The maximum atomic E-state index is 12.5. The summed E-state index contributed by atoms with van der Waals surface area (Å²) in [4.78, 5) is 14.2. The van der Waals surface area contributed by atoms with Crippen LogP contribution in [0.2, 0.25) is 0 Å². The molecule has 4 rings (SSSR count). The number of nitrogens with one attached hydrogen (secondary N) is 2. The van der Waals surface area contributed by atoms with Gasteiger partial charge in [-0.2, -0.15) is 10.3 Å². The number of aryl methyl sites for hydroxylation is 2. The summed E-state index contributed by atoms with van der Waals surface area (Å²) in [7, 11) is 1.88. The molecule has 0 fully saturated rings. The van der Waals surface area contributed by atoms with Gasteiger partial charge in [0.05, 0.1) is 10.6 Å². The van der Waals surface area contributed by atoms with Gasteiger partial charge in [0.15, 0.2) is 0 Å². The van der Waals surface area contributed by atoms with Crippen molar-refractivity contribution in [3.05, 3.63) is 40.9 Å². The second-order valence-corrected chi connectivity index (χ2v) is 6.34. The molecule has 120 valence electrons. The molecule has 0 aliphatic heterocycles. The molecule has 4 aromatic rings. The standard InChI is InChI=1S/C15H13N7OS/c1-8-11-7-12(24-15(11)22(2)19-8)14(23)16-10-5-3-4-9(6-10)13-17-20-21-18-13/h3-7H,1-2H3,(H,16,23)(H,17,18,20,21). The van der Waals surface area contributed by atoms with E-state index in [4.69, 9.17) is 0 Å². The summed E-state index contributed by atoms with van der Waals surface area (Å²) >= 11 is 1.42. The van der Waals surface area contributed by atoms with Crippen LogP contribution in [0.25, 0.3) is 21.6 Å². The summed E-state index contributed by atoms with van der Waals surface area (Å²) in [5.74, 6) is 0.329. The highest BCUT2D eigenvalue weighted by atomic mass is 32.1. The lowest BCUT2D eigenvalue weighted by Crippen LogP contribution is -2.10. The Morgan fingerprint density at radius 1 is 1.33 bits per heavy atom. The van der Waals surface area contributed by atoms with E-state index < -0.39 is 0 Å². The van der Waals surface area contributed by atoms with E-state index in [-0.39, 0.29) is 5.91 Å². The van der Waals surface area contributed by atoms with Gasteiger partial charge in [0.1, 0.15) is 4.83 Å². The van der Waals surface area contributed by atoms with Crippen molar-refractivity contribution >= 4 is 33.1 Å². The SMILES string of the molecule is Cc1nn(C)c2sc(C(=O)Nc3cccc(-c4nn[nH]n4)c3)cc12. The van der Waals surface area contributed by atoms with Gasteiger partial charge >= 0.3 is 0 Å². The molecule has 0 bridgehead atoms. The van der Waals surface area contributed by atoms with Crippen molar-refractivity contribution in [1.29, 1.82) is 0 Å². The fourth-order valence-electron chi connectivity index (χ4n) is 2.53. The van der Waals surface area contributed by atoms with Crippen LogP contribution in [-0.4, -0.2) is 36.3 Å². The smallest absolute Gasteiger partial charge is 0.265 e. The molecule has 0 radical (unpaired) electrons. The van der Waals surface area contributed by atoms with Crippen molar-refractivity contribution in [2.75, 3.05) is 5.32 Å². The predicted octanol–water partition coefficient (Wildman–Crippen LogP) is 2.38. The monoisotopic (exact) mass is 339 g/mol. The summed E-state index contributed by atoms with van der Waals surface area (Å²) in [6.45, 7) is 1.94. The van der Waals surface area contributed by atoms with Gasteiger partial charge in [-0.1, -0.05) is 12.1 Å². The van der Waals surface area contributed by atoms with Gasteiger partial charge in [0.25, 0.3) is 5.91 Å². The van der Waals surface area contributed by atoms with Crippen LogP contribution in [0.5, 0.6) is 0 Å². The molecule has 0 atom stereocenters. The third kappa shape index (κ3) is 2.44. The van der Waals surface area contributed by atoms with Crippen molar-refractivity contribution < 1.29 is 4.79 Å². The molecule has 3 aromatic heterocycles. The highest BCUT2D eigenvalue weighted by molar-refractivity contribution is 7.20. The number of carbonyl (C=O) groups is 1. The minimum absolute atomic E-state index is 0.152. The summed E-state index contributed by atoms with van der Waals surface area (Å²) < 4.78 is 1.79. The Morgan fingerprint density at radius 2 is 2.21 bits per heavy atom. The Morgan fingerprint density at radius 3 is 2.96 bits per heavy atom. The Labute approximate surface area is 140 Å². The van der Waals surface area contributed by atoms with Crippen molar-refractivity contribution in [2.24, 2.45) is 7.05 Å². The van der Waals surface area contributed by atoms with E-state index >= 15 is 0 Å². The molecule has 0 spiro atoms. The number of aromatic amines is 1. The zero-order valence-electron chi connectivity index (χ0n) is 12.9. The zero-order chi connectivity index (χ0) is 16.7. The average molecular weight is 339 g/mol. The lowest BCUT2D eigenvalue weighted by molar-refractivity contribution is 0.103. The van der Waals surface area contributed by atoms with Crippen LogP contribution < -0.4 is 5.32 Å². The highest BCUT2D eigenvalue weighted by Gasteiger charge is 2.15. The molecule has 0 aliphatic carbocycles. The first kappa shape index (κ1) is 14.5. The van der Waals surface area contributed by atoms with Crippen LogP contribution in [-0.2, 0) is 7.05 Å². The van der Waals surface area contributed by atoms with E-state index in [0.29, 0.717) is 16.4 Å². The van der Waals surface area contributed by atoms with Crippen LogP contribution in [0.3, 0.4) is 0 Å². The lowest BCUT2D eigenvalue weighted by Gasteiger charge is -2.04. The number of hydrogen-bond donors (Lipinski definition) is 2. The minimum atomic E-state index is -0.152. The van der Waals surface area contributed by atoms with Crippen molar-refractivity contribution in [2.45, 2.75) is 6.92 Å². The van der Waals surface area contributed by atoms with Crippen LogP contribution in [0.15, 0.2) is 30.3 Å². The number of thiophene rings is 1. The van der Waals surface area contributed by atoms with Gasteiger partial charge < -0.3 is 5.32 Å². The molecule has 1 aromatic carbocycles. The largest absolute Gasteiger partial charge is 0.321 e. The minimum Gasteiger partial charge on any atom is -0.321 e. The predicted molar refractivity (Wildman–Crippen MR) is 90.9 cm³/mol. The highest BCUT2D eigenvalue weighted by Crippen LogP contribution is 2.28. The Bertz CT molecular complexity index is 997. The first-order valence-electron chi connectivity index (χ1n) is 7.20. The van der Waals surface area contributed by atoms with Crippen molar-refractivity contribution in [3.63, 3.8) is 0 Å². The van der Waals surface area contributed by atoms with Crippen LogP contribution in [0.1, 0.15) is 15.4 Å². The number of rotatable bonds is 3. The van der Waals surface area contributed by atoms with Crippen molar-refractivity contribution in [3.8, 4) is 11.4 Å². The number of hydrogen-bond acceptors (Lipinski definition) is 6. The van der Waals surface area contributed by atoms with E-state index in [0.717, 1.165) is 21.5 Å². The zero-order valence-corrected chi connectivity index (χ0v) is 13.8. The Balaban J connectivity index is 1.61. The maximum absolute atomic E-state index is 12.5. The number of H-pyrrole nitrogens is 1. The van der Waals surface area contributed by atoms with Gasteiger partial charge in [-0.15, -0.1) is 21.5 Å². The summed E-state index contributed by atoms with van der Waals surface area (Å²) in [5, 5.41) is 22.1. The van der Waals surface area contributed by atoms with E-state index in [1.165, 1.54) is 11.3 Å². The first-order valence-corrected chi connectivity index (χ1v) is 8.02. The summed E-state index contributed by atoms with van der Waals surface area (Å²) in [5.41, 5.74) is 2.37. The third-order valence-corrected chi connectivity index (χ3v) is 4.84. The molecule has 2 N–H and O–H groups in total. The number of anilines is 1. The number of nitrogens with zero attached hydrogens (tertiary/aromatic N) is 5. The van der Waals surface area contributed by atoms with E-state index in [2.05, 4.69) is 31.0 Å². The molecule has 3 heterocycles. The van der Waals surface area contributed by atoms with Gasteiger partial charge in [-0.05, 0) is 30.3 Å². The number of amides is 1. The van der Waals surface area contributed by atoms with Crippen LogP contribution in [0.4, 0.5) is 5.69 Å². The molecule has 0 unspecified atom stereocenters. The number of carbonyl (C=O) groups excluding carboxylic acids is 1. The van der Waals surface area contributed by atoms with Crippen LogP contribution in [0, 0.1) is 6.92 Å². The van der Waals surface area contributed by atoms with Crippen LogP contribution >= 0.6 is 11.3 Å². The topological polar surface area (TPSA) is 101 Å². The lowest BCUT2D eigenvalue weighted by atomic mass is 10.2. The second-order valence-electron chi connectivity index (χ2n) is 5.31. The molecule has 9 heteroatoms. The molecule has 1 amide bonds. The fourth-order valence-corrected chi connectivity index (χ4v) is 3.55. The van der Waals surface area contributed by atoms with Gasteiger partial charge in [-0.25, -0.2) is 0 Å². The Kier molecular flexibility index (Phi) is 3.35. The normalized spacial score (nSPS) is 11.1. The number of fused-ring (bicyclic) bond motifs is 1. The van der Waals surface area contributed by atoms with E-state index in [9.17, 15) is 4.79 Å². The molecule has 24 heavy (non-hydrogen) atoms. The quantitative estimate of drug-likeness (QED) is 0.597. The number of benzene rings is 1. The summed E-state index contributed by atoms with van der Waals surface area (Å²) in [6, 6.07) is 9.19. The molecular formula is C15H13N7OS. The summed E-state index contributed by atoms with van der Waals surface area (Å²) in [6.07, 6.45) is 0. The van der Waals surface area contributed by atoms with Crippen molar-refractivity contribution in [1.82, 2.24) is 30.4 Å². The molecular weight excluding hydrogens is 326 g/mol. The van der Waals surface area contributed by atoms with Gasteiger partial charge in [-0.3, -0.25) is 9.48 Å². The first-order chi connectivity index (χ1) is 11.6. The second kappa shape index (κ2) is 5.53. The van der Waals surface area contributed by atoms with E-state index in [1.54, 1.807) is 4.68 Å².